The van der Waals surface area contributed by atoms with Crippen molar-refractivity contribution in [1.82, 2.24) is 5.32 Å². The van der Waals surface area contributed by atoms with Gasteiger partial charge in [0.1, 0.15) is 0 Å². The van der Waals surface area contributed by atoms with E-state index in [9.17, 15) is 8.42 Å². The van der Waals surface area contributed by atoms with E-state index in [1.807, 2.05) is 0 Å². The maximum Gasteiger partial charge on any atom is 0.155 e. The molecule has 19 heavy (non-hydrogen) atoms. The van der Waals surface area contributed by atoms with E-state index in [4.69, 9.17) is 0 Å². The molecule has 0 radical (unpaired) electrons. The summed E-state index contributed by atoms with van der Waals surface area (Å²) in [5, 5.41) is 3.54. The van der Waals surface area contributed by atoms with Gasteiger partial charge in [0.25, 0.3) is 0 Å². The number of nitrogens with one attached hydrogen (secondary N) is 1. The van der Waals surface area contributed by atoms with Gasteiger partial charge < -0.3 is 5.32 Å². The third kappa shape index (κ3) is 5.42. The van der Waals surface area contributed by atoms with Gasteiger partial charge in [-0.05, 0) is 57.9 Å². The second kappa shape index (κ2) is 5.72. The van der Waals surface area contributed by atoms with Crippen LogP contribution in [0.2, 0.25) is 0 Å². The fourth-order valence-electron chi connectivity index (χ4n) is 2.04. The summed E-state index contributed by atoms with van der Waals surface area (Å²) in [6.45, 7) is 12.9. The first kappa shape index (κ1) is 17.0. The highest BCUT2D eigenvalue weighted by molar-refractivity contribution is 7.92. The van der Waals surface area contributed by atoms with Crippen molar-refractivity contribution in [3.8, 4) is 0 Å². The Hall–Kier alpha value is -0.0900. The molecule has 0 heterocycles. The van der Waals surface area contributed by atoms with Crippen LogP contribution >= 0.6 is 0 Å². The Kier molecular flexibility index (Phi) is 5.11. The van der Waals surface area contributed by atoms with Crippen LogP contribution in [0, 0.1) is 11.3 Å². The molecule has 1 aliphatic rings. The molecule has 1 unspecified atom stereocenters. The first-order chi connectivity index (χ1) is 8.43. The van der Waals surface area contributed by atoms with Crippen LogP contribution in [0.4, 0.5) is 0 Å². The summed E-state index contributed by atoms with van der Waals surface area (Å²) in [6.07, 6.45) is 3.30. The van der Waals surface area contributed by atoms with E-state index in [-0.39, 0.29) is 5.41 Å². The Morgan fingerprint density at radius 3 is 2.00 bits per heavy atom. The monoisotopic (exact) mass is 289 g/mol. The van der Waals surface area contributed by atoms with E-state index in [0.29, 0.717) is 17.7 Å². The highest BCUT2D eigenvalue weighted by atomic mass is 32.2. The quantitative estimate of drug-likeness (QED) is 0.817. The van der Waals surface area contributed by atoms with Crippen LogP contribution in [-0.4, -0.2) is 31.5 Å². The van der Waals surface area contributed by atoms with E-state index in [1.54, 1.807) is 20.8 Å². The van der Waals surface area contributed by atoms with Gasteiger partial charge in [0, 0.05) is 6.04 Å². The van der Waals surface area contributed by atoms with Crippen LogP contribution in [0.1, 0.15) is 60.8 Å². The number of hydrogen-bond donors (Lipinski definition) is 1. The van der Waals surface area contributed by atoms with E-state index >= 15 is 0 Å². The van der Waals surface area contributed by atoms with E-state index < -0.39 is 14.6 Å². The minimum Gasteiger partial charge on any atom is -0.314 e. The van der Waals surface area contributed by atoms with Gasteiger partial charge in [0.15, 0.2) is 9.84 Å². The van der Waals surface area contributed by atoms with Gasteiger partial charge in [0.05, 0.1) is 10.5 Å². The molecule has 3 nitrogen and oxygen atoms in total. The lowest BCUT2D eigenvalue weighted by atomic mass is 9.79. The average molecular weight is 289 g/mol. The predicted molar refractivity (Wildman–Crippen MR) is 82.1 cm³/mol. The molecule has 1 atom stereocenters. The molecule has 1 saturated carbocycles. The fourth-order valence-corrected chi connectivity index (χ4v) is 3.25. The summed E-state index contributed by atoms with van der Waals surface area (Å²) in [5.41, 5.74) is 0.148. The molecule has 1 N–H and O–H groups in total. The van der Waals surface area contributed by atoms with Crippen molar-refractivity contribution < 1.29 is 8.42 Å². The van der Waals surface area contributed by atoms with Crippen molar-refractivity contribution in [2.24, 2.45) is 11.3 Å². The van der Waals surface area contributed by atoms with Crippen LogP contribution in [0.3, 0.4) is 0 Å². The standard InChI is InChI=1S/C15H31NO2S/c1-14(2,3)12(11-16-13-7-8-13)9-10-19(17,18)15(4,5)6/h12-13,16H,7-11H2,1-6H3. The zero-order chi connectivity index (χ0) is 14.9. The molecule has 0 aromatic rings. The highest BCUT2D eigenvalue weighted by Gasteiger charge is 2.33. The van der Waals surface area contributed by atoms with Crippen LogP contribution in [0.5, 0.6) is 0 Å². The summed E-state index contributed by atoms with van der Waals surface area (Å²) in [5.74, 6) is 0.704. The molecule has 1 rings (SSSR count). The Labute approximate surface area is 119 Å². The molecule has 1 aliphatic carbocycles. The third-order valence-electron chi connectivity index (χ3n) is 4.12. The molecule has 0 spiro atoms. The first-order valence-electron chi connectivity index (χ1n) is 7.39. The molecule has 4 heteroatoms. The Morgan fingerprint density at radius 1 is 1.11 bits per heavy atom. The predicted octanol–water partition coefficient (Wildman–Crippen LogP) is 3.00. The smallest absolute Gasteiger partial charge is 0.155 e. The maximum atomic E-state index is 12.2. The van der Waals surface area contributed by atoms with Gasteiger partial charge >= 0.3 is 0 Å². The number of rotatable bonds is 6. The lowest BCUT2D eigenvalue weighted by Gasteiger charge is -2.32. The summed E-state index contributed by atoms with van der Waals surface area (Å²) in [6, 6.07) is 0.684. The van der Waals surface area contributed by atoms with Crippen molar-refractivity contribution in [3.63, 3.8) is 0 Å². The normalized spacial score (nSPS) is 19.5. The lowest BCUT2D eigenvalue weighted by molar-refractivity contribution is 0.225. The molecular formula is C15H31NO2S. The largest absolute Gasteiger partial charge is 0.314 e. The van der Waals surface area contributed by atoms with Crippen LogP contribution < -0.4 is 5.32 Å². The second-order valence-electron chi connectivity index (χ2n) is 7.97. The molecule has 0 aromatic heterocycles. The minimum atomic E-state index is -3.00. The Morgan fingerprint density at radius 2 is 1.63 bits per heavy atom. The molecule has 1 fully saturated rings. The van der Waals surface area contributed by atoms with Gasteiger partial charge in [0.2, 0.25) is 0 Å². The van der Waals surface area contributed by atoms with Gasteiger partial charge in [-0.1, -0.05) is 20.8 Å². The van der Waals surface area contributed by atoms with Crippen LogP contribution in [0.25, 0.3) is 0 Å². The van der Waals surface area contributed by atoms with Crippen molar-refractivity contribution in [3.05, 3.63) is 0 Å². The first-order valence-corrected chi connectivity index (χ1v) is 9.04. The van der Waals surface area contributed by atoms with Crippen molar-refractivity contribution in [1.29, 1.82) is 0 Å². The SMILES string of the molecule is CC(C)(C)C(CCS(=O)(=O)C(C)(C)C)CNC1CC1. The summed E-state index contributed by atoms with van der Waals surface area (Å²) < 4.78 is 23.8. The zero-order valence-electron chi connectivity index (χ0n) is 13.4. The fraction of sp³-hybridized carbons (Fsp3) is 1.00. The van der Waals surface area contributed by atoms with E-state index in [0.717, 1.165) is 13.0 Å². The van der Waals surface area contributed by atoms with Crippen molar-refractivity contribution in [2.75, 3.05) is 12.3 Å². The van der Waals surface area contributed by atoms with Gasteiger partial charge in [-0.2, -0.15) is 0 Å². The molecule has 0 amide bonds. The van der Waals surface area contributed by atoms with Gasteiger partial charge in [-0.25, -0.2) is 8.42 Å². The molecule has 0 aromatic carbocycles. The molecule has 0 saturated heterocycles. The molecule has 114 valence electrons. The zero-order valence-corrected chi connectivity index (χ0v) is 14.2. The Bertz CT molecular complexity index is 383. The maximum absolute atomic E-state index is 12.2. The lowest BCUT2D eigenvalue weighted by Crippen LogP contribution is -2.37. The summed E-state index contributed by atoms with van der Waals surface area (Å²) in [7, 11) is -3.00. The topological polar surface area (TPSA) is 46.2 Å². The van der Waals surface area contributed by atoms with Crippen molar-refractivity contribution in [2.45, 2.75) is 71.6 Å². The van der Waals surface area contributed by atoms with E-state index in [1.165, 1.54) is 12.8 Å². The molecule has 0 bridgehead atoms. The average Bonchev–Trinajstić information content (AvgIpc) is 2.97. The summed E-state index contributed by atoms with van der Waals surface area (Å²) in [4.78, 5) is 0. The van der Waals surface area contributed by atoms with Crippen LogP contribution in [-0.2, 0) is 9.84 Å². The highest BCUT2D eigenvalue weighted by Crippen LogP contribution is 2.31. The number of hydrogen-bond acceptors (Lipinski definition) is 3. The summed E-state index contributed by atoms with van der Waals surface area (Å²) >= 11 is 0. The molecular weight excluding hydrogens is 258 g/mol. The van der Waals surface area contributed by atoms with E-state index in [2.05, 4.69) is 26.1 Å². The van der Waals surface area contributed by atoms with Gasteiger partial charge in [-0.3, -0.25) is 0 Å². The minimum absolute atomic E-state index is 0.148. The number of sulfone groups is 1. The van der Waals surface area contributed by atoms with Gasteiger partial charge in [-0.15, -0.1) is 0 Å². The Balaban J connectivity index is 2.57. The van der Waals surface area contributed by atoms with Crippen molar-refractivity contribution >= 4 is 9.84 Å². The second-order valence-corrected chi connectivity index (χ2v) is 10.8. The third-order valence-corrected chi connectivity index (χ3v) is 6.76. The van der Waals surface area contributed by atoms with Crippen LogP contribution in [0.15, 0.2) is 0 Å². The molecule has 0 aliphatic heterocycles.